The van der Waals surface area contributed by atoms with E-state index in [-0.39, 0.29) is 6.04 Å². The minimum absolute atomic E-state index is 0.0993. The number of hydrogen-bond acceptors (Lipinski definition) is 5. The van der Waals surface area contributed by atoms with Crippen LogP contribution in [0.2, 0.25) is 0 Å². The van der Waals surface area contributed by atoms with Crippen molar-refractivity contribution in [2.75, 3.05) is 7.11 Å². The maximum atomic E-state index is 10.3. The zero-order chi connectivity index (χ0) is 15.2. The van der Waals surface area contributed by atoms with Gasteiger partial charge in [-0.3, -0.25) is 0 Å². The molecule has 2 atom stereocenters. The lowest BCUT2D eigenvalue weighted by Crippen LogP contribution is -2.11. The van der Waals surface area contributed by atoms with Crippen molar-refractivity contribution in [1.29, 1.82) is 0 Å². The van der Waals surface area contributed by atoms with Gasteiger partial charge >= 0.3 is 0 Å². The van der Waals surface area contributed by atoms with Gasteiger partial charge in [-0.15, -0.1) is 5.10 Å². The molecular formula is C15H22N4O2. The molecule has 0 saturated heterocycles. The van der Waals surface area contributed by atoms with Gasteiger partial charge in [-0.25, -0.2) is 4.68 Å². The summed E-state index contributed by atoms with van der Waals surface area (Å²) in [6.45, 7) is 2.41. The number of hydrogen-bond donors (Lipinski definition) is 2. The number of nitrogens with two attached hydrogens (primary N) is 1. The van der Waals surface area contributed by atoms with Crippen LogP contribution in [0.3, 0.4) is 0 Å². The Labute approximate surface area is 124 Å². The van der Waals surface area contributed by atoms with Gasteiger partial charge in [0, 0.05) is 0 Å². The molecule has 0 aliphatic rings. The van der Waals surface area contributed by atoms with E-state index in [1.807, 2.05) is 24.3 Å². The third-order valence-corrected chi connectivity index (χ3v) is 3.37. The number of aliphatic hydroxyl groups is 1. The normalized spacial score (nSPS) is 13.9. The second kappa shape index (κ2) is 7.19. The standard InChI is InChI=1S/C15H22N4O2/c1-3-5-13(16)14-9-19(18-17-14)10-15(20)11-6-4-7-12(8-11)21-2/h4,6-9,13,15,20H,3,5,10,16H2,1-2H3. The number of aromatic nitrogens is 3. The molecule has 1 heterocycles. The van der Waals surface area contributed by atoms with Crippen molar-refractivity contribution < 1.29 is 9.84 Å². The van der Waals surface area contributed by atoms with Crippen molar-refractivity contribution in [1.82, 2.24) is 15.0 Å². The van der Waals surface area contributed by atoms with E-state index < -0.39 is 6.10 Å². The number of ether oxygens (including phenoxy) is 1. The molecule has 2 unspecified atom stereocenters. The van der Waals surface area contributed by atoms with E-state index in [9.17, 15) is 5.11 Å². The molecule has 0 saturated carbocycles. The minimum atomic E-state index is -0.669. The van der Waals surface area contributed by atoms with Crippen molar-refractivity contribution in [3.05, 3.63) is 41.7 Å². The van der Waals surface area contributed by atoms with Gasteiger partial charge in [-0.2, -0.15) is 0 Å². The molecule has 0 radical (unpaired) electrons. The van der Waals surface area contributed by atoms with Crippen LogP contribution in [0.4, 0.5) is 0 Å². The van der Waals surface area contributed by atoms with Gasteiger partial charge in [0.05, 0.1) is 37.7 Å². The summed E-state index contributed by atoms with van der Waals surface area (Å²) in [6, 6.07) is 7.26. The summed E-state index contributed by atoms with van der Waals surface area (Å²) in [5.41, 5.74) is 7.54. The quantitative estimate of drug-likeness (QED) is 0.812. The Balaban J connectivity index is 2.03. The number of aliphatic hydroxyl groups excluding tert-OH is 1. The molecule has 2 rings (SSSR count). The molecule has 3 N–H and O–H groups in total. The van der Waals surface area contributed by atoms with Crippen LogP contribution in [-0.2, 0) is 6.54 Å². The van der Waals surface area contributed by atoms with Crippen molar-refractivity contribution in [2.24, 2.45) is 5.73 Å². The van der Waals surface area contributed by atoms with Gasteiger partial charge in [0.15, 0.2) is 0 Å². The van der Waals surface area contributed by atoms with Crippen LogP contribution >= 0.6 is 0 Å². The first kappa shape index (κ1) is 15.5. The zero-order valence-electron chi connectivity index (χ0n) is 12.4. The highest BCUT2D eigenvalue weighted by atomic mass is 16.5. The van der Waals surface area contributed by atoms with Gasteiger partial charge in [0.25, 0.3) is 0 Å². The third kappa shape index (κ3) is 4.03. The summed E-state index contributed by atoms with van der Waals surface area (Å²) in [5, 5.41) is 18.4. The first-order chi connectivity index (χ1) is 10.1. The Bertz CT molecular complexity index is 570. The molecular weight excluding hydrogens is 268 g/mol. The second-order valence-electron chi connectivity index (χ2n) is 5.05. The lowest BCUT2D eigenvalue weighted by atomic mass is 10.1. The Morgan fingerprint density at radius 3 is 2.95 bits per heavy atom. The molecule has 1 aromatic heterocycles. The second-order valence-corrected chi connectivity index (χ2v) is 5.05. The summed E-state index contributed by atoms with van der Waals surface area (Å²) in [6.07, 6.45) is 3.00. The molecule has 6 nitrogen and oxygen atoms in total. The van der Waals surface area contributed by atoms with Crippen molar-refractivity contribution >= 4 is 0 Å². The fraction of sp³-hybridized carbons (Fsp3) is 0.467. The van der Waals surface area contributed by atoms with Crippen molar-refractivity contribution in [3.63, 3.8) is 0 Å². The third-order valence-electron chi connectivity index (χ3n) is 3.37. The fourth-order valence-corrected chi connectivity index (χ4v) is 2.16. The molecule has 0 aliphatic carbocycles. The Morgan fingerprint density at radius 2 is 2.24 bits per heavy atom. The van der Waals surface area contributed by atoms with Gasteiger partial charge in [-0.1, -0.05) is 30.7 Å². The largest absolute Gasteiger partial charge is 0.497 e. The number of benzene rings is 1. The maximum Gasteiger partial charge on any atom is 0.119 e. The number of nitrogens with zero attached hydrogens (tertiary/aromatic N) is 3. The van der Waals surface area contributed by atoms with E-state index >= 15 is 0 Å². The van der Waals surface area contributed by atoms with Gasteiger partial charge in [0.1, 0.15) is 5.75 Å². The molecule has 0 amide bonds. The molecule has 0 bridgehead atoms. The van der Waals surface area contributed by atoms with E-state index in [0.29, 0.717) is 6.54 Å². The van der Waals surface area contributed by atoms with Crippen molar-refractivity contribution in [3.8, 4) is 5.75 Å². The molecule has 0 spiro atoms. The monoisotopic (exact) mass is 290 g/mol. The van der Waals surface area contributed by atoms with Crippen LogP contribution in [0.5, 0.6) is 5.75 Å². The topological polar surface area (TPSA) is 86.2 Å². The Morgan fingerprint density at radius 1 is 1.43 bits per heavy atom. The smallest absolute Gasteiger partial charge is 0.119 e. The van der Waals surface area contributed by atoms with E-state index in [2.05, 4.69) is 17.2 Å². The van der Waals surface area contributed by atoms with Gasteiger partial charge < -0.3 is 15.6 Å². The molecule has 114 valence electrons. The molecule has 6 heteroatoms. The lowest BCUT2D eigenvalue weighted by molar-refractivity contribution is 0.150. The van der Waals surface area contributed by atoms with E-state index in [0.717, 1.165) is 29.8 Å². The average Bonchev–Trinajstić information content (AvgIpc) is 2.96. The van der Waals surface area contributed by atoms with Gasteiger partial charge in [0.2, 0.25) is 0 Å². The van der Waals surface area contributed by atoms with Crippen LogP contribution in [-0.4, -0.2) is 27.2 Å². The van der Waals surface area contributed by atoms with Crippen LogP contribution < -0.4 is 10.5 Å². The highest BCUT2D eigenvalue weighted by Crippen LogP contribution is 2.20. The summed E-state index contributed by atoms with van der Waals surface area (Å²) in [7, 11) is 1.60. The predicted octanol–water partition coefficient (Wildman–Crippen LogP) is 1.82. The molecule has 2 aromatic rings. The molecule has 21 heavy (non-hydrogen) atoms. The van der Waals surface area contributed by atoms with Gasteiger partial charge in [-0.05, 0) is 24.1 Å². The minimum Gasteiger partial charge on any atom is -0.497 e. The number of rotatable bonds is 7. The number of methoxy groups -OCH3 is 1. The van der Waals surface area contributed by atoms with Crippen LogP contribution in [0.25, 0.3) is 0 Å². The first-order valence-corrected chi connectivity index (χ1v) is 7.11. The summed E-state index contributed by atoms with van der Waals surface area (Å²) < 4.78 is 6.78. The predicted molar refractivity (Wildman–Crippen MR) is 79.8 cm³/mol. The highest BCUT2D eigenvalue weighted by Gasteiger charge is 2.13. The summed E-state index contributed by atoms with van der Waals surface area (Å²) in [5.74, 6) is 0.718. The average molecular weight is 290 g/mol. The SMILES string of the molecule is CCCC(N)c1cn(CC(O)c2cccc(OC)c2)nn1. The van der Waals surface area contributed by atoms with E-state index in [1.54, 1.807) is 18.0 Å². The van der Waals surface area contributed by atoms with E-state index in [1.165, 1.54) is 0 Å². The van der Waals surface area contributed by atoms with Crippen LogP contribution in [0, 0.1) is 0 Å². The molecule has 0 fully saturated rings. The van der Waals surface area contributed by atoms with E-state index in [4.69, 9.17) is 10.5 Å². The lowest BCUT2D eigenvalue weighted by Gasteiger charge is -2.11. The summed E-state index contributed by atoms with van der Waals surface area (Å²) in [4.78, 5) is 0. The van der Waals surface area contributed by atoms with Crippen molar-refractivity contribution in [2.45, 2.75) is 38.5 Å². The van der Waals surface area contributed by atoms with Crippen LogP contribution in [0.1, 0.15) is 43.2 Å². The first-order valence-electron chi connectivity index (χ1n) is 7.11. The summed E-state index contributed by atoms with van der Waals surface area (Å²) >= 11 is 0. The highest BCUT2D eigenvalue weighted by molar-refractivity contribution is 5.29. The Kier molecular flexibility index (Phi) is 5.30. The zero-order valence-corrected chi connectivity index (χ0v) is 12.4. The maximum absolute atomic E-state index is 10.3. The fourth-order valence-electron chi connectivity index (χ4n) is 2.16. The molecule has 0 aliphatic heterocycles. The Hall–Kier alpha value is -1.92. The van der Waals surface area contributed by atoms with Crippen LogP contribution in [0.15, 0.2) is 30.5 Å². The molecule has 1 aromatic carbocycles.